The summed E-state index contributed by atoms with van der Waals surface area (Å²) >= 11 is 0. The maximum Gasteiger partial charge on any atom is 0.319 e. The zero-order valence-corrected chi connectivity index (χ0v) is 12.9. The first-order valence-electron chi connectivity index (χ1n) is 7.53. The van der Waals surface area contributed by atoms with Gasteiger partial charge in [0.25, 0.3) is 0 Å². The molecule has 130 valence electrons. The minimum atomic E-state index is -0.916. The van der Waals surface area contributed by atoms with Crippen molar-refractivity contribution in [2.75, 3.05) is 16.8 Å². The van der Waals surface area contributed by atoms with Gasteiger partial charge < -0.3 is 15.5 Å². The van der Waals surface area contributed by atoms with E-state index in [2.05, 4.69) is 10.6 Å². The van der Waals surface area contributed by atoms with E-state index in [4.69, 9.17) is 0 Å². The van der Waals surface area contributed by atoms with Gasteiger partial charge >= 0.3 is 6.03 Å². The Kier molecular flexibility index (Phi) is 4.60. The van der Waals surface area contributed by atoms with Crippen LogP contribution in [0.5, 0.6) is 0 Å². The standard InChI is InChI=1S/C17H14F3N3O2/c18-10-1-4-12(5-2-10)23-8-7-15(16(23)24)22-17(25)21-14-6-3-11(19)9-13(14)20/h1-6,9,15H,7-8H2,(H2,21,22,25). The SMILES string of the molecule is O=C(Nc1ccc(F)cc1F)NC1CCN(c2ccc(F)cc2)C1=O. The fraction of sp³-hybridized carbons (Fsp3) is 0.176. The van der Waals surface area contributed by atoms with Gasteiger partial charge in [-0.3, -0.25) is 4.79 Å². The minimum absolute atomic E-state index is 0.195. The molecule has 2 aromatic rings. The van der Waals surface area contributed by atoms with Crippen LogP contribution in [-0.2, 0) is 4.79 Å². The van der Waals surface area contributed by atoms with E-state index in [-0.39, 0.29) is 11.6 Å². The lowest BCUT2D eigenvalue weighted by molar-refractivity contribution is -0.118. The average molecular weight is 349 g/mol. The van der Waals surface area contributed by atoms with Crippen LogP contribution in [0.25, 0.3) is 0 Å². The number of carbonyl (C=O) groups is 2. The highest BCUT2D eigenvalue weighted by Gasteiger charge is 2.33. The van der Waals surface area contributed by atoms with E-state index in [0.29, 0.717) is 24.7 Å². The monoisotopic (exact) mass is 349 g/mol. The molecule has 0 bridgehead atoms. The van der Waals surface area contributed by atoms with Crippen molar-refractivity contribution in [3.8, 4) is 0 Å². The Balaban J connectivity index is 1.62. The van der Waals surface area contributed by atoms with Gasteiger partial charge in [-0.2, -0.15) is 0 Å². The van der Waals surface area contributed by atoms with Gasteiger partial charge in [0.15, 0.2) is 0 Å². The summed E-state index contributed by atoms with van der Waals surface area (Å²) in [6.07, 6.45) is 0.357. The van der Waals surface area contributed by atoms with Crippen molar-refractivity contribution in [2.45, 2.75) is 12.5 Å². The quantitative estimate of drug-likeness (QED) is 0.895. The molecule has 0 aromatic heterocycles. The van der Waals surface area contributed by atoms with Gasteiger partial charge in [-0.15, -0.1) is 0 Å². The summed E-state index contributed by atoms with van der Waals surface area (Å²) in [5.41, 5.74) is 0.334. The number of rotatable bonds is 3. The molecule has 1 atom stereocenters. The maximum atomic E-state index is 13.5. The molecule has 0 radical (unpaired) electrons. The summed E-state index contributed by atoms with van der Waals surface area (Å²) in [4.78, 5) is 25.7. The normalized spacial score (nSPS) is 16.8. The first-order valence-corrected chi connectivity index (χ1v) is 7.53. The summed E-state index contributed by atoms with van der Waals surface area (Å²) < 4.78 is 39.3. The Morgan fingerprint density at radius 2 is 1.72 bits per heavy atom. The minimum Gasteiger partial charge on any atom is -0.326 e. The smallest absolute Gasteiger partial charge is 0.319 e. The van der Waals surface area contributed by atoms with E-state index in [1.165, 1.54) is 29.2 Å². The molecule has 0 spiro atoms. The van der Waals surface area contributed by atoms with E-state index in [9.17, 15) is 22.8 Å². The number of amides is 3. The Hall–Kier alpha value is -3.03. The third-order valence-electron chi connectivity index (χ3n) is 3.83. The molecule has 1 fully saturated rings. The summed E-state index contributed by atoms with van der Waals surface area (Å²) in [5.74, 6) is -2.43. The number of nitrogens with one attached hydrogen (secondary N) is 2. The maximum absolute atomic E-state index is 13.5. The fourth-order valence-electron chi connectivity index (χ4n) is 2.60. The largest absolute Gasteiger partial charge is 0.326 e. The predicted molar refractivity (Wildman–Crippen MR) is 85.7 cm³/mol. The number of benzene rings is 2. The Morgan fingerprint density at radius 3 is 2.40 bits per heavy atom. The number of nitrogens with zero attached hydrogens (tertiary/aromatic N) is 1. The second-order valence-corrected chi connectivity index (χ2v) is 5.53. The topological polar surface area (TPSA) is 61.4 Å². The van der Waals surface area contributed by atoms with Crippen LogP contribution in [-0.4, -0.2) is 24.5 Å². The van der Waals surface area contributed by atoms with E-state index >= 15 is 0 Å². The van der Waals surface area contributed by atoms with Crippen LogP contribution < -0.4 is 15.5 Å². The van der Waals surface area contributed by atoms with Crippen LogP contribution in [0.4, 0.5) is 29.3 Å². The zero-order chi connectivity index (χ0) is 18.0. The van der Waals surface area contributed by atoms with Gasteiger partial charge in [0.05, 0.1) is 5.69 Å². The molecule has 1 saturated heterocycles. The number of carbonyl (C=O) groups excluding carboxylic acids is 2. The van der Waals surface area contributed by atoms with Crippen LogP contribution in [0.1, 0.15) is 6.42 Å². The lowest BCUT2D eigenvalue weighted by atomic mass is 10.2. The van der Waals surface area contributed by atoms with Crippen molar-refractivity contribution in [1.82, 2.24) is 5.32 Å². The zero-order valence-electron chi connectivity index (χ0n) is 12.9. The summed E-state index contributed by atoms with van der Waals surface area (Å²) in [6, 6.07) is 6.63. The van der Waals surface area contributed by atoms with Crippen molar-refractivity contribution in [3.05, 3.63) is 59.9 Å². The third-order valence-corrected chi connectivity index (χ3v) is 3.83. The lowest BCUT2D eigenvalue weighted by Crippen LogP contribution is -2.43. The molecule has 5 nitrogen and oxygen atoms in total. The molecule has 2 N–H and O–H groups in total. The second-order valence-electron chi connectivity index (χ2n) is 5.53. The lowest BCUT2D eigenvalue weighted by Gasteiger charge is -2.17. The van der Waals surface area contributed by atoms with Crippen LogP contribution in [0, 0.1) is 17.5 Å². The van der Waals surface area contributed by atoms with Crippen LogP contribution in [0.2, 0.25) is 0 Å². The van der Waals surface area contributed by atoms with Gasteiger partial charge in [-0.05, 0) is 42.8 Å². The molecule has 1 unspecified atom stereocenters. The highest BCUT2D eigenvalue weighted by molar-refractivity contribution is 6.02. The van der Waals surface area contributed by atoms with E-state index in [0.717, 1.165) is 12.1 Å². The van der Waals surface area contributed by atoms with E-state index in [1.54, 1.807) is 0 Å². The van der Waals surface area contributed by atoms with E-state index < -0.39 is 29.5 Å². The Labute approximate surface area is 141 Å². The number of hydrogen-bond acceptors (Lipinski definition) is 2. The first kappa shape index (κ1) is 16.8. The van der Waals surface area contributed by atoms with Gasteiger partial charge in [-0.1, -0.05) is 0 Å². The highest BCUT2D eigenvalue weighted by atomic mass is 19.1. The molecule has 2 aromatic carbocycles. The molecule has 3 amide bonds. The Bertz CT molecular complexity index is 811. The molecule has 0 saturated carbocycles. The summed E-state index contributed by atoms with van der Waals surface area (Å²) in [5, 5.41) is 4.69. The molecule has 0 aliphatic carbocycles. The number of anilines is 2. The number of hydrogen-bond donors (Lipinski definition) is 2. The summed E-state index contributed by atoms with van der Waals surface area (Å²) in [6.45, 7) is 0.361. The van der Waals surface area contributed by atoms with Crippen LogP contribution in [0.15, 0.2) is 42.5 Å². The van der Waals surface area contributed by atoms with E-state index in [1.807, 2.05) is 0 Å². The predicted octanol–water partition coefficient (Wildman–Crippen LogP) is 3.03. The van der Waals surface area contributed by atoms with Crippen LogP contribution >= 0.6 is 0 Å². The van der Waals surface area contributed by atoms with Crippen molar-refractivity contribution in [3.63, 3.8) is 0 Å². The molecular weight excluding hydrogens is 335 g/mol. The highest BCUT2D eigenvalue weighted by Crippen LogP contribution is 2.22. The van der Waals surface area contributed by atoms with Gasteiger partial charge in [0.2, 0.25) is 5.91 Å². The number of urea groups is 1. The van der Waals surface area contributed by atoms with Gasteiger partial charge in [0, 0.05) is 18.3 Å². The first-order chi connectivity index (χ1) is 11.9. The Morgan fingerprint density at radius 1 is 1.04 bits per heavy atom. The third kappa shape index (κ3) is 3.73. The average Bonchev–Trinajstić information content (AvgIpc) is 2.92. The summed E-state index contributed by atoms with van der Waals surface area (Å²) in [7, 11) is 0. The second kappa shape index (κ2) is 6.84. The van der Waals surface area contributed by atoms with Gasteiger partial charge in [0.1, 0.15) is 23.5 Å². The fourth-order valence-corrected chi connectivity index (χ4v) is 2.60. The van der Waals surface area contributed by atoms with Crippen molar-refractivity contribution in [1.29, 1.82) is 0 Å². The van der Waals surface area contributed by atoms with Crippen LogP contribution in [0.3, 0.4) is 0 Å². The molecular formula is C17H14F3N3O2. The van der Waals surface area contributed by atoms with Crippen molar-refractivity contribution < 1.29 is 22.8 Å². The molecule has 8 heteroatoms. The molecule has 3 rings (SSSR count). The van der Waals surface area contributed by atoms with Crippen molar-refractivity contribution in [2.24, 2.45) is 0 Å². The van der Waals surface area contributed by atoms with Gasteiger partial charge in [-0.25, -0.2) is 18.0 Å². The molecule has 1 aliphatic rings. The van der Waals surface area contributed by atoms with Crippen molar-refractivity contribution >= 4 is 23.3 Å². The molecule has 1 heterocycles. The number of halogens is 3. The molecule has 25 heavy (non-hydrogen) atoms. The molecule has 1 aliphatic heterocycles.